The molecule has 5 rings (SSSR count). The first-order valence-corrected chi connectivity index (χ1v) is 9.37. The number of halogens is 3. The average Bonchev–Trinajstić information content (AvgIpc) is 2.56. The number of carbonyl (C=O) groups excluding carboxylic acids is 1. The average molecular weight is 383 g/mol. The zero-order valence-corrected chi connectivity index (χ0v) is 14.9. The third-order valence-corrected chi connectivity index (χ3v) is 6.39. The molecule has 0 amide bonds. The fraction of sp³-hybridized carbons (Fsp3) is 0.650. The molecular weight excluding hydrogens is 361 g/mol. The maximum atomic E-state index is 13.1. The number of rotatable bonds is 6. The van der Waals surface area contributed by atoms with E-state index in [1.165, 1.54) is 19.3 Å². The van der Waals surface area contributed by atoms with Gasteiger partial charge in [-0.2, -0.15) is 13.2 Å². The van der Waals surface area contributed by atoms with Gasteiger partial charge in [-0.3, -0.25) is 0 Å². The minimum atomic E-state index is -4.64. The smallest absolute Gasteiger partial charge is 0.419 e. The van der Waals surface area contributed by atoms with Crippen molar-refractivity contribution in [2.24, 2.45) is 23.2 Å². The number of carboxylic acids is 1. The fourth-order valence-electron chi connectivity index (χ4n) is 5.83. The van der Waals surface area contributed by atoms with E-state index in [9.17, 15) is 23.1 Å². The van der Waals surface area contributed by atoms with Crippen molar-refractivity contribution in [2.75, 3.05) is 13.4 Å². The molecule has 0 heterocycles. The quantitative estimate of drug-likeness (QED) is 0.556. The Morgan fingerprint density at radius 1 is 1.11 bits per heavy atom. The van der Waals surface area contributed by atoms with Gasteiger partial charge in [0.15, 0.2) is 6.79 Å². The molecule has 0 aromatic heterocycles. The van der Waals surface area contributed by atoms with Crippen LogP contribution in [-0.4, -0.2) is 19.4 Å². The second kappa shape index (κ2) is 6.69. The van der Waals surface area contributed by atoms with Crippen LogP contribution in [0.1, 0.15) is 54.4 Å². The molecule has 0 unspecified atom stereocenters. The summed E-state index contributed by atoms with van der Waals surface area (Å²) in [7, 11) is 0. The molecular formula is C20H22F3O4-. The number of ether oxygens (including phenoxy) is 2. The summed E-state index contributed by atoms with van der Waals surface area (Å²) in [6.07, 6.45) is 2.68. The number of carbonyl (C=O) groups is 1. The normalized spacial score (nSPS) is 31.9. The monoisotopic (exact) mass is 383 g/mol. The van der Waals surface area contributed by atoms with Crippen LogP contribution in [0.25, 0.3) is 0 Å². The first-order valence-electron chi connectivity index (χ1n) is 9.37. The summed E-state index contributed by atoms with van der Waals surface area (Å²) in [5.41, 5.74) is -1.25. The van der Waals surface area contributed by atoms with E-state index in [0.29, 0.717) is 12.7 Å². The molecule has 0 spiro atoms. The third kappa shape index (κ3) is 3.79. The van der Waals surface area contributed by atoms with Gasteiger partial charge in [0, 0.05) is 5.56 Å². The number of carboxylic acid groups (broad SMARTS) is 1. The van der Waals surface area contributed by atoms with Crippen LogP contribution in [0.5, 0.6) is 5.75 Å². The zero-order chi connectivity index (χ0) is 19.2. The predicted molar refractivity (Wildman–Crippen MR) is 87.8 cm³/mol. The van der Waals surface area contributed by atoms with E-state index in [2.05, 4.69) is 0 Å². The molecule has 27 heavy (non-hydrogen) atoms. The lowest BCUT2D eigenvalue weighted by Crippen LogP contribution is -2.48. The van der Waals surface area contributed by atoms with Crippen LogP contribution in [0.4, 0.5) is 13.2 Å². The van der Waals surface area contributed by atoms with Gasteiger partial charge in [-0.1, -0.05) is 6.07 Å². The molecule has 4 saturated carbocycles. The van der Waals surface area contributed by atoms with E-state index in [1.54, 1.807) is 0 Å². The largest absolute Gasteiger partial charge is 0.545 e. The molecule has 4 fully saturated rings. The molecule has 0 N–H and O–H groups in total. The fourth-order valence-corrected chi connectivity index (χ4v) is 5.83. The number of benzene rings is 1. The van der Waals surface area contributed by atoms with E-state index < -0.39 is 23.5 Å². The van der Waals surface area contributed by atoms with Gasteiger partial charge in [0.05, 0.1) is 18.1 Å². The van der Waals surface area contributed by atoms with Crippen molar-refractivity contribution >= 4 is 5.97 Å². The molecule has 7 heteroatoms. The second-order valence-electron chi connectivity index (χ2n) is 8.52. The standard InChI is InChI=1S/C20H23F3O4/c21-20(22,23)16-2-1-15(18(24)25)6-17(16)27-11-26-10-19-7-12-3-13(8-19)5-14(4-12)9-19/h1-2,6,12-14H,3-5,7-11H2,(H,24,25)/p-1. The van der Waals surface area contributed by atoms with Crippen LogP contribution >= 0.6 is 0 Å². The van der Waals surface area contributed by atoms with Crippen molar-refractivity contribution in [1.29, 1.82) is 0 Å². The first kappa shape index (κ1) is 18.6. The van der Waals surface area contributed by atoms with E-state index >= 15 is 0 Å². The Kier molecular flexibility index (Phi) is 4.61. The van der Waals surface area contributed by atoms with Gasteiger partial charge in [0.25, 0.3) is 0 Å². The van der Waals surface area contributed by atoms with Crippen molar-refractivity contribution in [2.45, 2.75) is 44.7 Å². The van der Waals surface area contributed by atoms with Gasteiger partial charge in [-0.25, -0.2) is 0 Å². The van der Waals surface area contributed by atoms with Crippen LogP contribution in [0.2, 0.25) is 0 Å². The van der Waals surface area contributed by atoms with E-state index in [-0.39, 0.29) is 17.8 Å². The van der Waals surface area contributed by atoms with Crippen LogP contribution in [0, 0.1) is 23.2 Å². The summed E-state index contributed by atoms with van der Waals surface area (Å²) in [5, 5.41) is 10.9. The minimum absolute atomic E-state index is 0.137. The lowest BCUT2D eigenvalue weighted by molar-refractivity contribution is -0.255. The topological polar surface area (TPSA) is 58.6 Å². The molecule has 4 aliphatic rings. The Hall–Kier alpha value is -1.76. The Balaban J connectivity index is 1.39. The molecule has 4 bridgehead atoms. The van der Waals surface area contributed by atoms with Crippen molar-refractivity contribution in [3.8, 4) is 5.75 Å². The van der Waals surface area contributed by atoms with E-state index in [1.807, 2.05) is 0 Å². The van der Waals surface area contributed by atoms with E-state index in [0.717, 1.165) is 49.1 Å². The summed E-state index contributed by atoms with van der Waals surface area (Å²) in [6, 6.07) is 2.40. The Bertz CT molecular complexity index is 693. The SMILES string of the molecule is O=C([O-])c1ccc(C(F)(F)F)c(OCOCC23CC4CC(CC(C4)C2)C3)c1. The second-order valence-corrected chi connectivity index (χ2v) is 8.52. The lowest BCUT2D eigenvalue weighted by atomic mass is 9.50. The highest BCUT2D eigenvalue weighted by molar-refractivity contribution is 5.86. The summed E-state index contributed by atoms with van der Waals surface area (Å²) in [4.78, 5) is 10.9. The van der Waals surface area contributed by atoms with Gasteiger partial charge in [-0.15, -0.1) is 0 Å². The molecule has 1 aromatic carbocycles. The van der Waals surface area contributed by atoms with Crippen LogP contribution in [0.15, 0.2) is 18.2 Å². The van der Waals surface area contributed by atoms with Gasteiger partial charge in [-0.05, 0) is 73.8 Å². The van der Waals surface area contributed by atoms with Crippen molar-refractivity contribution in [3.63, 3.8) is 0 Å². The molecule has 4 nitrogen and oxygen atoms in total. The number of hydrogen-bond acceptors (Lipinski definition) is 4. The summed E-state index contributed by atoms with van der Waals surface area (Å²) >= 11 is 0. The van der Waals surface area contributed by atoms with Gasteiger partial charge in [0.1, 0.15) is 5.75 Å². The van der Waals surface area contributed by atoms with Crippen molar-refractivity contribution < 1.29 is 32.5 Å². The van der Waals surface area contributed by atoms with Crippen LogP contribution in [0.3, 0.4) is 0 Å². The number of hydrogen-bond donors (Lipinski definition) is 0. The van der Waals surface area contributed by atoms with Gasteiger partial charge < -0.3 is 19.4 Å². The van der Waals surface area contributed by atoms with E-state index in [4.69, 9.17) is 9.47 Å². The first-order chi connectivity index (χ1) is 12.7. The Morgan fingerprint density at radius 2 is 1.70 bits per heavy atom. The Labute approximate surface area is 155 Å². The Morgan fingerprint density at radius 3 is 2.22 bits per heavy atom. The maximum Gasteiger partial charge on any atom is 0.419 e. The molecule has 0 atom stereocenters. The molecule has 0 aliphatic heterocycles. The van der Waals surface area contributed by atoms with Crippen LogP contribution < -0.4 is 9.84 Å². The van der Waals surface area contributed by atoms with Gasteiger partial charge >= 0.3 is 6.18 Å². The maximum absolute atomic E-state index is 13.1. The highest BCUT2D eigenvalue weighted by Crippen LogP contribution is 2.60. The molecule has 0 radical (unpaired) electrons. The predicted octanol–water partition coefficient (Wildman–Crippen LogP) is 3.64. The lowest BCUT2D eigenvalue weighted by Gasteiger charge is -2.56. The highest BCUT2D eigenvalue weighted by atomic mass is 19.4. The highest BCUT2D eigenvalue weighted by Gasteiger charge is 2.50. The third-order valence-electron chi connectivity index (χ3n) is 6.39. The summed E-state index contributed by atoms with van der Waals surface area (Å²) in [6.45, 7) is 0.152. The van der Waals surface area contributed by atoms with Crippen molar-refractivity contribution in [1.82, 2.24) is 0 Å². The minimum Gasteiger partial charge on any atom is -0.545 e. The molecule has 148 valence electrons. The number of aromatic carboxylic acids is 1. The van der Waals surface area contributed by atoms with Gasteiger partial charge in [0.2, 0.25) is 0 Å². The summed E-state index contributed by atoms with van der Waals surface area (Å²) < 4.78 is 50.2. The summed E-state index contributed by atoms with van der Waals surface area (Å²) in [5.74, 6) is 0.185. The molecule has 0 saturated heterocycles. The van der Waals surface area contributed by atoms with Crippen LogP contribution in [-0.2, 0) is 10.9 Å². The number of alkyl halides is 3. The zero-order valence-electron chi connectivity index (χ0n) is 14.9. The molecule has 1 aromatic rings. The molecule has 4 aliphatic carbocycles. The van der Waals surface area contributed by atoms with Crippen molar-refractivity contribution in [3.05, 3.63) is 29.3 Å².